The average molecular weight is 379 g/mol. The van der Waals surface area contributed by atoms with Crippen LogP contribution in [0, 0.1) is 0 Å². The van der Waals surface area contributed by atoms with Gasteiger partial charge in [-0.05, 0) is 24.3 Å². The van der Waals surface area contributed by atoms with Crippen molar-refractivity contribution in [2.75, 3.05) is 44.7 Å². The van der Waals surface area contributed by atoms with E-state index < -0.39 is 0 Å². The standard InChI is InChI=1S/C20H25N7O/c1-21-20(22-10-9-19-24-23-18-8-4-5-11-27(18)19)26-14-12-25(13-15-26)16-6-2-3-7-17(16)28/h2-8,11,28H,9-10,12-15H2,1H3,(H,21,22). The Bertz CT molecular complexity index is 960. The number of aromatic hydroxyl groups is 1. The summed E-state index contributed by atoms with van der Waals surface area (Å²) < 4.78 is 2.01. The summed E-state index contributed by atoms with van der Waals surface area (Å²) in [7, 11) is 1.81. The quantitative estimate of drug-likeness (QED) is 0.526. The fourth-order valence-electron chi connectivity index (χ4n) is 3.57. The summed E-state index contributed by atoms with van der Waals surface area (Å²) in [4.78, 5) is 8.89. The number of anilines is 1. The number of nitrogens with one attached hydrogen (secondary N) is 1. The minimum Gasteiger partial charge on any atom is -0.506 e. The summed E-state index contributed by atoms with van der Waals surface area (Å²) in [6.45, 7) is 4.12. The second-order valence-corrected chi connectivity index (χ2v) is 6.73. The summed E-state index contributed by atoms with van der Waals surface area (Å²) >= 11 is 0. The van der Waals surface area contributed by atoms with E-state index in [0.717, 1.165) is 62.3 Å². The number of pyridine rings is 1. The molecule has 8 heteroatoms. The van der Waals surface area contributed by atoms with E-state index in [9.17, 15) is 5.11 Å². The number of benzene rings is 1. The molecule has 0 saturated carbocycles. The Hall–Kier alpha value is -3.29. The fourth-order valence-corrected chi connectivity index (χ4v) is 3.57. The van der Waals surface area contributed by atoms with Gasteiger partial charge in [0, 0.05) is 52.4 Å². The van der Waals surface area contributed by atoms with Gasteiger partial charge in [0.2, 0.25) is 0 Å². The molecular formula is C20H25N7O. The van der Waals surface area contributed by atoms with Crippen LogP contribution in [0.1, 0.15) is 5.82 Å². The molecule has 0 amide bonds. The Morgan fingerprint density at radius 3 is 2.64 bits per heavy atom. The van der Waals surface area contributed by atoms with Gasteiger partial charge in [0.15, 0.2) is 11.6 Å². The molecule has 2 aromatic heterocycles. The smallest absolute Gasteiger partial charge is 0.193 e. The average Bonchev–Trinajstić information content (AvgIpc) is 3.15. The van der Waals surface area contributed by atoms with Crippen LogP contribution in [0.4, 0.5) is 5.69 Å². The van der Waals surface area contributed by atoms with Crippen molar-refractivity contribution in [1.82, 2.24) is 24.8 Å². The molecule has 4 rings (SSSR count). The molecule has 2 N–H and O–H groups in total. The van der Waals surface area contributed by atoms with Gasteiger partial charge in [-0.3, -0.25) is 9.39 Å². The zero-order valence-corrected chi connectivity index (χ0v) is 16.0. The van der Waals surface area contributed by atoms with Gasteiger partial charge in [-0.1, -0.05) is 18.2 Å². The van der Waals surface area contributed by atoms with Crippen molar-refractivity contribution >= 4 is 17.3 Å². The number of phenolic OH excluding ortho intramolecular Hbond substituents is 1. The van der Waals surface area contributed by atoms with Gasteiger partial charge in [0.25, 0.3) is 0 Å². The molecule has 0 spiro atoms. The number of fused-ring (bicyclic) bond motifs is 1. The summed E-state index contributed by atoms with van der Waals surface area (Å²) in [6.07, 6.45) is 2.75. The van der Waals surface area contributed by atoms with Gasteiger partial charge >= 0.3 is 0 Å². The van der Waals surface area contributed by atoms with E-state index in [4.69, 9.17) is 0 Å². The highest BCUT2D eigenvalue weighted by molar-refractivity contribution is 5.80. The summed E-state index contributed by atoms with van der Waals surface area (Å²) in [5.41, 5.74) is 1.76. The zero-order valence-electron chi connectivity index (χ0n) is 16.0. The molecule has 146 valence electrons. The van der Waals surface area contributed by atoms with Crippen molar-refractivity contribution < 1.29 is 5.11 Å². The number of hydrogen-bond acceptors (Lipinski definition) is 5. The molecule has 1 fully saturated rings. The maximum atomic E-state index is 10.1. The first kappa shape index (κ1) is 18.1. The van der Waals surface area contributed by atoms with Crippen molar-refractivity contribution in [3.63, 3.8) is 0 Å². The number of aromatic nitrogens is 3. The number of rotatable bonds is 4. The first-order valence-corrected chi connectivity index (χ1v) is 9.53. The Kier molecular flexibility index (Phi) is 5.27. The van der Waals surface area contributed by atoms with Gasteiger partial charge in [0.05, 0.1) is 5.69 Å². The Balaban J connectivity index is 1.31. The van der Waals surface area contributed by atoms with E-state index in [1.807, 2.05) is 54.0 Å². The minimum absolute atomic E-state index is 0.332. The molecule has 0 atom stereocenters. The second-order valence-electron chi connectivity index (χ2n) is 6.73. The molecule has 1 aromatic carbocycles. The first-order valence-electron chi connectivity index (χ1n) is 9.53. The number of para-hydroxylation sites is 2. The van der Waals surface area contributed by atoms with Crippen LogP contribution in [0.3, 0.4) is 0 Å². The highest BCUT2D eigenvalue weighted by atomic mass is 16.3. The van der Waals surface area contributed by atoms with E-state index in [1.165, 1.54) is 0 Å². The lowest BCUT2D eigenvalue weighted by Crippen LogP contribution is -2.52. The molecule has 0 radical (unpaired) electrons. The van der Waals surface area contributed by atoms with E-state index >= 15 is 0 Å². The number of aliphatic imine (C=N–C) groups is 1. The van der Waals surface area contributed by atoms with E-state index in [-0.39, 0.29) is 0 Å². The summed E-state index contributed by atoms with van der Waals surface area (Å²) in [5, 5.41) is 22.0. The molecule has 3 aromatic rings. The summed E-state index contributed by atoms with van der Waals surface area (Å²) in [6, 6.07) is 13.4. The third kappa shape index (κ3) is 3.71. The van der Waals surface area contributed by atoms with E-state index in [1.54, 1.807) is 6.07 Å². The SMILES string of the molecule is CN=C(NCCc1nnc2ccccn12)N1CCN(c2ccccc2O)CC1. The lowest BCUT2D eigenvalue weighted by molar-refractivity contribution is 0.370. The van der Waals surface area contributed by atoms with Crippen LogP contribution in [-0.4, -0.2) is 70.3 Å². The van der Waals surface area contributed by atoms with Crippen LogP contribution in [0.2, 0.25) is 0 Å². The summed E-state index contributed by atoms with van der Waals surface area (Å²) in [5.74, 6) is 2.16. The third-order valence-corrected chi connectivity index (χ3v) is 5.03. The number of piperazine rings is 1. The maximum Gasteiger partial charge on any atom is 0.193 e. The van der Waals surface area contributed by atoms with E-state index in [2.05, 4.69) is 30.3 Å². The van der Waals surface area contributed by atoms with Gasteiger partial charge in [-0.2, -0.15) is 0 Å². The lowest BCUT2D eigenvalue weighted by atomic mass is 10.2. The second kappa shape index (κ2) is 8.16. The van der Waals surface area contributed by atoms with Crippen LogP contribution in [-0.2, 0) is 6.42 Å². The van der Waals surface area contributed by atoms with Crippen molar-refractivity contribution in [1.29, 1.82) is 0 Å². The topological polar surface area (TPSA) is 81.3 Å². The molecule has 28 heavy (non-hydrogen) atoms. The molecular weight excluding hydrogens is 354 g/mol. The molecule has 1 aliphatic heterocycles. The number of phenols is 1. The minimum atomic E-state index is 0.332. The first-order chi connectivity index (χ1) is 13.8. The molecule has 0 unspecified atom stereocenters. The van der Waals surface area contributed by atoms with Crippen molar-refractivity contribution in [2.45, 2.75) is 6.42 Å². The van der Waals surface area contributed by atoms with Crippen LogP contribution >= 0.6 is 0 Å². The molecule has 1 aliphatic rings. The maximum absolute atomic E-state index is 10.1. The fraction of sp³-hybridized carbons (Fsp3) is 0.350. The predicted octanol–water partition coefficient (Wildman–Crippen LogP) is 1.37. The van der Waals surface area contributed by atoms with Gasteiger partial charge in [-0.15, -0.1) is 10.2 Å². The van der Waals surface area contributed by atoms with Crippen molar-refractivity contribution in [3.8, 4) is 5.75 Å². The van der Waals surface area contributed by atoms with Crippen LogP contribution < -0.4 is 10.2 Å². The van der Waals surface area contributed by atoms with Gasteiger partial charge in [0.1, 0.15) is 11.6 Å². The van der Waals surface area contributed by atoms with E-state index in [0.29, 0.717) is 5.75 Å². The Morgan fingerprint density at radius 1 is 1.07 bits per heavy atom. The van der Waals surface area contributed by atoms with Crippen LogP contribution in [0.5, 0.6) is 5.75 Å². The monoisotopic (exact) mass is 379 g/mol. The largest absolute Gasteiger partial charge is 0.506 e. The van der Waals surface area contributed by atoms with Crippen LogP contribution in [0.15, 0.2) is 53.7 Å². The molecule has 3 heterocycles. The highest BCUT2D eigenvalue weighted by Gasteiger charge is 2.21. The third-order valence-electron chi connectivity index (χ3n) is 5.03. The molecule has 8 nitrogen and oxygen atoms in total. The molecule has 1 saturated heterocycles. The predicted molar refractivity (Wildman–Crippen MR) is 110 cm³/mol. The van der Waals surface area contributed by atoms with Crippen molar-refractivity contribution in [2.24, 2.45) is 4.99 Å². The molecule has 0 aliphatic carbocycles. The number of nitrogens with zero attached hydrogens (tertiary/aromatic N) is 6. The number of hydrogen-bond donors (Lipinski definition) is 2. The zero-order chi connectivity index (χ0) is 19.3. The van der Waals surface area contributed by atoms with Gasteiger partial charge in [-0.25, -0.2) is 0 Å². The molecule has 0 bridgehead atoms. The Labute approximate surface area is 164 Å². The van der Waals surface area contributed by atoms with Crippen molar-refractivity contribution in [3.05, 3.63) is 54.5 Å². The lowest BCUT2D eigenvalue weighted by Gasteiger charge is -2.37. The number of guanidine groups is 1. The Morgan fingerprint density at radius 2 is 1.86 bits per heavy atom. The van der Waals surface area contributed by atoms with Gasteiger partial charge < -0.3 is 20.2 Å². The highest BCUT2D eigenvalue weighted by Crippen LogP contribution is 2.27. The van der Waals surface area contributed by atoms with Crippen LogP contribution in [0.25, 0.3) is 5.65 Å². The normalized spacial score (nSPS) is 15.2.